The van der Waals surface area contributed by atoms with Gasteiger partial charge in [-0.2, -0.15) is 4.37 Å². The number of nitrogens with zero attached hydrogens (tertiary/aromatic N) is 4. The highest BCUT2D eigenvalue weighted by atomic mass is 32.1. The molecule has 1 aromatic carbocycles. The van der Waals surface area contributed by atoms with Crippen molar-refractivity contribution >= 4 is 22.6 Å². The largest absolute Gasteiger partial charge is 0.352 e. The van der Waals surface area contributed by atoms with Crippen LogP contribution >= 0.6 is 11.5 Å². The molecule has 0 radical (unpaired) electrons. The Morgan fingerprint density at radius 2 is 1.89 bits per heavy atom. The quantitative estimate of drug-likeness (QED) is 0.697. The fourth-order valence-corrected chi connectivity index (χ4v) is 4.13. The molecule has 1 amide bonds. The topological polar surface area (TPSA) is 71.0 Å². The molecule has 0 bridgehead atoms. The van der Waals surface area contributed by atoms with Crippen molar-refractivity contribution in [2.75, 3.05) is 18.0 Å². The molecule has 0 atom stereocenters. The number of hydrogen-bond acceptors (Lipinski definition) is 6. The van der Waals surface area contributed by atoms with Crippen LogP contribution in [0.3, 0.4) is 0 Å². The first-order valence-corrected chi connectivity index (χ1v) is 10.3. The summed E-state index contributed by atoms with van der Waals surface area (Å²) in [6.07, 6.45) is 5.95. The lowest BCUT2D eigenvalue weighted by Gasteiger charge is -2.30. The first-order valence-electron chi connectivity index (χ1n) is 9.56. The summed E-state index contributed by atoms with van der Waals surface area (Å²) < 4.78 is 4.51. The van der Waals surface area contributed by atoms with E-state index in [4.69, 9.17) is 4.98 Å². The van der Waals surface area contributed by atoms with Crippen molar-refractivity contribution in [2.45, 2.75) is 25.8 Å². The van der Waals surface area contributed by atoms with E-state index in [0.29, 0.717) is 6.54 Å². The predicted octanol–water partition coefficient (Wildman–Crippen LogP) is 3.06. The predicted molar refractivity (Wildman–Crippen MR) is 110 cm³/mol. The Kier molecular flexibility index (Phi) is 5.92. The van der Waals surface area contributed by atoms with Crippen molar-refractivity contribution in [3.05, 3.63) is 71.8 Å². The maximum atomic E-state index is 12.4. The lowest BCUT2D eigenvalue weighted by molar-refractivity contribution is -0.125. The summed E-state index contributed by atoms with van der Waals surface area (Å²) in [4.78, 5) is 23.5. The Labute approximate surface area is 168 Å². The van der Waals surface area contributed by atoms with Gasteiger partial charge in [-0.25, -0.2) is 4.98 Å². The van der Waals surface area contributed by atoms with Gasteiger partial charge in [0.15, 0.2) is 0 Å². The zero-order valence-corrected chi connectivity index (χ0v) is 16.4. The fraction of sp³-hybridized carbons (Fsp3) is 0.333. The van der Waals surface area contributed by atoms with E-state index in [9.17, 15) is 4.79 Å². The van der Waals surface area contributed by atoms with Crippen LogP contribution in [0.25, 0.3) is 0 Å². The van der Waals surface area contributed by atoms with Crippen LogP contribution in [-0.4, -0.2) is 33.3 Å². The Bertz CT molecular complexity index is 891. The number of piperidine rings is 1. The first kappa shape index (κ1) is 18.6. The standard InChI is InChI=1S/C21H23N5OS/c27-20(23-15-17-7-4-10-22-14-17)18-8-11-26(12-9-18)21-24-19(25-28-21)13-16-5-2-1-3-6-16/h1-7,10,14,18H,8-9,11-13,15H2,(H,23,27). The first-order chi connectivity index (χ1) is 13.8. The summed E-state index contributed by atoms with van der Waals surface area (Å²) >= 11 is 1.45. The minimum atomic E-state index is 0.0598. The molecule has 3 aromatic rings. The lowest BCUT2D eigenvalue weighted by Crippen LogP contribution is -2.40. The van der Waals surface area contributed by atoms with Gasteiger partial charge in [0, 0.05) is 55.9 Å². The van der Waals surface area contributed by atoms with Gasteiger partial charge in [-0.15, -0.1) is 0 Å². The molecule has 144 valence electrons. The van der Waals surface area contributed by atoms with Crippen molar-refractivity contribution < 1.29 is 4.79 Å². The van der Waals surface area contributed by atoms with Crippen molar-refractivity contribution in [3.8, 4) is 0 Å². The van der Waals surface area contributed by atoms with Crippen LogP contribution in [0.4, 0.5) is 5.13 Å². The van der Waals surface area contributed by atoms with Gasteiger partial charge in [0.1, 0.15) is 5.82 Å². The number of pyridine rings is 1. The second-order valence-electron chi connectivity index (χ2n) is 7.00. The van der Waals surface area contributed by atoms with Crippen LogP contribution in [0, 0.1) is 5.92 Å². The molecule has 2 aromatic heterocycles. The number of hydrogen-bond donors (Lipinski definition) is 1. The van der Waals surface area contributed by atoms with Crippen LogP contribution in [0.2, 0.25) is 0 Å². The molecular weight excluding hydrogens is 370 g/mol. The second-order valence-corrected chi connectivity index (χ2v) is 7.73. The van der Waals surface area contributed by atoms with Crippen molar-refractivity contribution in [2.24, 2.45) is 5.92 Å². The average molecular weight is 394 g/mol. The molecule has 28 heavy (non-hydrogen) atoms. The van der Waals surface area contributed by atoms with Gasteiger partial charge in [-0.3, -0.25) is 9.78 Å². The number of rotatable bonds is 6. The maximum Gasteiger partial charge on any atom is 0.223 e. The maximum absolute atomic E-state index is 12.4. The van der Waals surface area contributed by atoms with Crippen LogP contribution in [0.15, 0.2) is 54.9 Å². The summed E-state index contributed by atoms with van der Waals surface area (Å²) in [7, 11) is 0. The van der Waals surface area contributed by atoms with E-state index in [0.717, 1.165) is 48.9 Å². The highest BCUT2D eigenvalue weighted by molar-refractivity contribution is 7.09. The number of anilines is 1. The number of nitrogens with one attached hydrogen (secondary N) is 1. The third kappa shape index (κ3) is 4.72. The van der Waals surface area contributed by atoms with Gasteiger partial charge in [-0.05, 0) is 30.0 Å². The Morgan fingerprint density at radius 1 is 1.11 bits per heavy atom. The van der Waals surface area contributed by atoms with Crippen LogP contribution in [-0.2, 0) is 17.8 Å². The minimum Gasteiger partial charge on any atom is -0.352 e. The third-order valence-electron chi connectivity index (χ3n) is 4.99. The number of aromatic nitrogens is 3. The molecule has 6 nitrogen and oxygen atoms in total. The Morgan fingerprint density at radius 3 is 2.64 bits per heavy atom. The SMILES string of the molecule is O=C(NCc1cccnc1)C1CCN(c2nc(Cc3ccccc3)ns2)CC1. The molecule has 0 spiro atoms. The fourth-order valence-electron chi connectivity index (χ4n) is 3.39. The van der Waals surface area contributed by atoms with Gasteiger partial charge in [0.2, 0.25) is 11.0 Å². The second kappa shape index (κ2) is 8.93. The van der Waals surface area contributed by atoms with E-state index in [2.05, 4.69) is 31.7 Å². The molecule has 1 aliphatic heterocycles. The van der Waals surface area contributed by atoms with Crippen molar-refractivity contribution in [1.29, 1.82) is 0 Å². The zero-order valence-electron chi connectivity index (χ0n) is 15.6. The van der Waals surface area contributed by atoms with Crippen molar-refractivity contribution in [3.63, 3.8) is 0 Å². The van der Waals surface area contributed by atoms with Crippen molar-refractivity contribution in [1.82, 2.24) is 19.7 Å². The van der Waals surface area contributed by atoms with E-state index in [1.807, 2.05) is 30.3 Å². The van der Waals surface area contributed by atoms with E-state index in [1.54, 1.807) is 12.4 Å². The zero-order chi connectivity index (χ0) is 19.2. The summed E-state index contributed by atoms with van der Waals surface area (Å²) in [6.45, 7) is 2.21. The molecule has 1 aliphatic rings. The summed E-state index contributed by atoms with van der Waals surface area (Å²) in [6, 6.07) is 14.1. The van der Waals surface area contributed by atoms with Gasteiger partial charge in [0.05, 0.1) is 0 Å². The molecular formula is C21H23N5OS. The van der Waals surface area contributed by atoms with E-state index >= 15 is 0 Å². The Balaban J connectivity index is 1.26. The highest BCUT2D eigenvalue weighted by Crippen LogP contribution is 2.25. The van der Waals surface area contributed by atoms with Gasteiger partial charge in [-0.1, -0.05) is 36.4 Å². The van der Waals surface area contributed by atoms with Gasteiger partial charge in [0.25, 0.3) is 0 Å². The van der Waals surface area contributed by atoms with Gasteiger partial charge < -0.3 is 10.2 Å². The number of amides is 1. The molecule has 1 saturated heterocycles. The van der Waals surface area contributed by atoms with Crippen LogP contribution in [0.1, 0.15) is 29.8 Å². The molecule has 1 N–H and O–H groups in total. The summed E-state index contributed by atoms with van der Waals surface area (Å²) in [5, 5.41) is 3.99. The summed E-state index contributed by atoms with van der Waals surface area (Å²) in [5.41, 5.74) is 2.24. The minimum absolute atomic E-state index is 0.0598. The number of carbonyl (C=O) groups is 1. The van der Waals surface area contributed by atoms with Crippen LogP contribution < -0.4 is 10.2 Å². The Hall–Kier alpha value is -2.80. The smallest absolute Gasteiger partial charge is 0.223 e. The molecule has 1 fully saturated rings. The normalized spacial score (nSPS) is 14.8. The van der Waals surface area contributed by atoms with E-state index in [-0.39, 0.29) is 11.8 Å². The lowest BCUT2D eigenvalue weighted by atomic mass is 9.96. The molecule has 3 heterocycles. The number of carbonyl (C=O) groups excluding carboxylic acids is 1. The molecule has 4 rings (SSSR count). The average Bonchev–Trinajstić information content (AvgIpc) is 3.22. The summed E-state index contributed by atoms with van der Waals surface area (Å²) in [5.74, 6) is 1.05. The van der Waals surface area contributed by atoms with E-state index in [1.165, 1.54) is 17.1 Å². The molecule has 7 heteroatoms. The molecule has 0 unspecified atom stereocenters. The van der Waals surface area contributed by atoms with E-state index < -0.39 is 0 Å². The molecule has 0 saturated carbocycles. The number of benzene rings is 1. The highest BCUT2D eigenvalue weighted by Gasteiger charge is 2.26. The van der Waals surface area contributed by atoms with Gasteiger partial charge >= 0.3 is 0 Å². The molecule has 0 aliphatic carbocycles. The van der Waals surface area contributed by atoms with Crippen LogP contribution in [0.5, 0.6) is 0 Å². The monoisotopic (exact) mass is 393 g/mol. The third-order valence-corrected chi connectivity index (χ3v) is 5.80.